The Labute approximate surface area is 430 Å². The zero-order valence-corrected chi connectivity index (χ0v) is 42.4. The second kappa shape index (κ2) is 30.9. The maximum Gasteiger partial charge on any atom is 0.243 e. The number of phenolic OH excluding ortho intramolecular Hbond substituents is 2. The molecule has 74 heavy (non-hydrogen) atoms. The number of hydrogen-bond donors (Lipinski definition) is 16. The number of carbonyl (C=O) groups excluding carboxylic acids is 8. The summed E-state index contributed by atoms with van der Waals surface area (Å²) in [5.74, 6) is -7.43. The predicted octanol–water partition coefficient (Wildman–Crippen LogP) is -2.22. The number of hydrogen-bond acceptors (Lipinski definition) is 14. The van der Waals surface area contributed by atoms with Crippen LogP contribution in [0.3, 0.4) is 0 Å². The lowest BCUT2D eigenvalue weighted by atomic mass is 9.96. The molecule has 406 valence electrons. The molecule has 1 heterocycles. The van der Waals surface area contributed by atoms with E-state index in [2.05, 4.69) is 52.5 Å². The fourth-order valence-electron chi connectivity index (χ4n) is 7.53. The third kappa shape index (κ3) is 21.1. The van der Waals surface area contributed by atoms with E-state index in [9.17, 15) is 48.6 Å². The zero-order valence-electron chi connectivity index (χ0n) is 42.4. The Morgan fingerprint density at radius 1 is 0.635 bits per heavy atom. The summed E-state index contributed by atoms with van der Waals surface area (Å²) in [7, 11) is 0. The molecule has 25 nitrogen and oxygen atoms in total. The van der Waals surface area contributed by atoms with Crippen molar-refractivity contribution in [2.45, 2.75) is 128 Å². The van der Waals surface area contributed by atoms with Crippen molar-refractivity contribution < 1.29 is 48.6 Å². The van der Waals surface area contributed by atoms with Crippen LogP contribution >= 0.6 is 0 Å². The van der Waals surface area contributed by atoms with E-state index in [1.54, 1.807) is 52.0 Å². The Bertz CT molecular complexity index is 2320. The maximum absolute atomic E-state index is 14.4. The first kappa shape index (κ1) is 60.5. The molecule has 0 bridgehead atoms. The molecule has 0 radical (unpaired) electrons. The standard InChI is InChI=1S/C49H75N15O10/c1-5-28(4)41(64-47(73)40(27(2)3)63-39(67)25-57-43(69)34(51)21-29-11-15-32(65)16-12-29)48(74)62-38(23-31-24-55-26-58-31)46(72)60-36(10-8-20-56-49(53)54)44(70)61-37(22-30-13-17-33(66)18-14-30)45(71)59-35(42(52)68)9-6-7-19-50/h11-18,24,26-28,34-38,40-41,65-66H,5-10,19-23,25,50-51H2,1-4H3,(H2,52,68)(H,55,58)(H,57,69)(H,59,71)(H,60,72)(H,61,70)(H,62,74)(H,63,67)(H,64,73)(H4,53,54,56)/t28-,34-,35-,36-,37-,38+,40-,41-/m0/s1. The number of rotatable bonds is 32. The van der Waals surface area contributed by atoms with Gasteiger partial charge in [-0.1, -0.05) is 58.4 Å². The van der Waals surface area contributed by atoms with Gasteiger partial charge in [-0.15, -0.1) is 0 Å². The average Bonchev–Trinajstić information content (AvgIpc) is 3.88. The number of benzene rings is 2. The van der Waals surface area contributed by atoms with E-state index in [-0.39, 0.29) is 62.5 Å². The van der Waals surface area contributed by atoms with Crippen molar-refractivity contribution in [2.24, 2.45) is 34.8 Å². The van der Waals surface area contributed by atoms with E-state index in [1.165, 1.54) is 36.8 Å². The molecule has 2 aromatic carbocycles. The molecule has 3 rings (SSSR count). The van der Waals surface area contributed by atoms with Crippen LogP contribution in [-0.2, 0) is 57.6 Å². The first-order valence-electron chi connectivity index (χ1n) is 24.6. The summed E-state index contributed by atoms with van der Waals surface area (Å²) in [5, 5.41) is 48.2. The van der Waals surface area contributed by atoms with Gasteiger partial charge in [-0.25, -0.2) is 4.98 Å². The second-order valence-corrected chi connectivity index (χ2v) is 18.4. The molecule has 8 atom stereocenters. The maximum atomic E-state index is 14.4. The highest BCUT2D eigenvalue weighted by molar-refractivity contribution is 5.97. The van der Waals surface area contributed by atoms with Gasteiger partial charge in [0.05, 0.1) is 24.6 Å². The van der Waals surface area contributed by atoms with E-state index in [4.69, 9.17) is 28.3 Å². The van der Waals surface area contributed by atoms with Gasteiger partial charge in [-0.3, -0.25) is 43.8 Å². The largest absolute Gasteiger partial charge is 0.508 e. The van der Waals surface area contributed by atoms with Gasteiger partial charge in [0.25, 0.3) is 0 Å². The van der Waals surface area contributed by atoms with E-state index >= 15 is 0 Å². The molecule has 0 aliphatic rings. The number of H-pyrrole nitrogens is 1. The summed E-state index contributed by atoms with van der Waals surface area (Å²) < 4.78 is 0. The summed E-state index contributed by atoms with van der Waals surface area (Å²) in [6, 6.07) is 3.34. The predicted molar refractivity (Wildman–Crippen MR) is 274 cm³/mol. The van der Waals surface area contributed by atoms with Crippen molar-refractivity contribution >= 4 is 53.2 Å². The molecule has 25 heteroatoms. The van der Waals surface area contributed by atoms with Crippen LogP contribution in [0.2, 0.25) is 0 Å². The van der Waals surface area contributed by atoms with Gasteiger partial charge in [0.1, 0.15) is 47.8 Å². The molecule has 0 saturated carbocycles. The number of phenols is 2. The quantitative estimate of drug-likeness (QED) is 0.0179. The van der Waals surface area contributed by atoms with Gasteiger partial charge < -0.3 is 80.7 Å². The number of amides is 8. The Balaban J connectivity index is 1.86. The van der Waals surface area contributed by atoms with Crippen molar-refractivity contribution in [2.75, 3.05) is 19.6 Å². The fraction of sp³-hybridized carbons (Fsp3) is 0.510. The fourth-order valence-corrected chi connectivity index (χ4v) is 7.53. The lowest BCUT2D eigenvalue weighted by Gasteiger charge is -2.30. The average molecular weight is 1030 g/mol. The molecule has 0 saturated heterocycles. The summed E-state index contributed by atoms with van der Waals surface area (Å²) in [6.45, 7) is 6.79. The number of aromatic amines is 1. The van der Waals surface area contributed by atoms with Crippen molar-refractivity contribution in [1.29, 1.82) is 5.41 Å². The summed E-state index contributed by atoms with van der Waals surface area (Å²) in [5.41, 5.74) is 24.3. The van der Waals surface area contributed by atoms with Crippen LogP contribution in [0.25, 0.3) is 0 Å². The van der Waals surface area contributed by atoms with Gasteiger partial charge in [0.2, 0.25) is 47.3 Å². The monoisotopic (exact) mass is 1030 g/mol. The van der Waals surface area contributed by atoms with Crippen LogP contribution in [0.4, 0.5) is 0 Å². The normalized spacial score (nSPS) is 14.3. The minimum atomic E-state index is -1.41. The number of nitrogens with two attached hydrogens (primary N) is 4. The van der Waals surface area contributed by atoms with E-state index in [1.807, 2.05) is 0 Å². The molecule has 20 N–H and O–H groups in total. The topological polar surface area (TPSA) is 430 Å². The zero-order chi connectivity index (χ0) is 54.9. The lowest BCUT2D eigenvalue weighted by molar-refractivity contribution is -0.136. The molecule has 0 unspecified atom stereocenters. The SMILES string of the molecule is CC[C@H](C)[C@H](NC(=O)[C@@H](NC(=O)CNC(=O)[C@@H](N)Cc1ccc(O)cc1)C(C)C)C(=O)N[C@H](Cc1c[nH]cn1)C(=O)N[C@@H](CCCNC(=N)N)C(=O)N[C@@H](Cc1ccc(O)cc1)C(=O)N[C@@H](CCCCN)C(N)=O. The Hall–Kier alpha value is -7.80. The molecular formula is C49H75N15O10. The molecule has 8 amide bonds. The van der Waals surface area contributed by atoms with Crippen molar-refractivity contribution in [3.63, 3.8) is 0 Å². The number of unbranched alkanes of at least 4 members (excludes halogenated alkanes) is 1. The minimum Gasteiger partial charge on any atom is -0.508 e. The van der Waals surface area contributed by atoms with Crippen LogP contribution in [-0.4, -0.2) is 135 Å². The molecule has 0 fully saturated rings. The highest BCUT2D eigenvalue weighted by atomic mass is 16.3. The van der Waals surface area contributed by atoms with Crippen LogP contribution in [0.15, 0.2) is 61.1 Å². The number of nitrogens with zero attached hydrogens (tertiary/aromatic N) is 1. The molecule has 0 spiro atoms. The van der Waals surface area contributed by atoms with Crippen molar-refractivity contribution in [1.82, 2.24) is 52.5 Å². The van der Waals surface area contributed by atoms with Crippen LogP contribution in [0.5, 0.6) is 11.5 Å². The third-order valence-corrected chi connectivity index (χ3v) is 12.0. The van der Waals surface area contributed by atoms with Crippen LogP contribution in [0.1, 0.15) is 83.0 Å². The number of guanidine groups is 1. The highest BCUT2D eigenvalue weighted by Gasteiger charge is 2.36. The molecule has 0 aliphatic carbocycles. The summed E-state index contributed by atoms with van der Waals surface area (Å²) in [4.78, 5) is 116. The molecule has 3 aromatic rings. The van der Waals surface area contributed by atoms with Gasteiger partial charge in [0, 0.05) is 25.6 Å². The summed E-state index contributed by atoms with van der Waals surface area (Å²) >= 11 is 0. The number of aromatic hydroxyl groups is 2. The number of aromatic nitrogens is 2. The van der Waals surface area contributed by atoms with Crippen molar-refractivity contribution in [3.8, 4) is 11.5 Å². The number of carbonyl (C=O) groups is 8. The minimum absolute atomic E-state index is 0.0438. The second-order valence-electron chi connectivity index (χ2n) is 18.4. The Kier molecular flexibility index (Phi) is 25.3. The highest BCUT2D eigenvalue weighted by Crippen LogP contribution is 2.15. The Morgan fingerprint density at radius 2 is 1.16 bits per heavy atom. The van der Waals surface area contributed by atoms with E-state index in [0.29, 0.717) is 42.6 Å². The first-order valence-corrected chi connectivity index (χ1v) is 24.6. The van der Waals surface area contributed by atoms with Crippen molar-refractivity contribution in [3.05, 3.63) is 77.9 Å². The lowest BCUT2D eigenvalue weighted by Crippen LogP contribution is -2.61. The Morgan fingerprint density at radius 3 is 1.70 bits per heavy atom. The molecular weight excluding hydrogens is 959 g/mol. The van der Waals surface area contributed by atoms with E-state index in [0.717, 1.165) is 0 Å². The number of primary amides is 1. The number of imidazole rings is 1. The van der Waals surface area contributed by atoms with Crippen LogP contribution < -0.4 is 65.5 Å². The van der Waals surface area contributed by atoms with E-state index < -0.39 is 108 Å². The number of nitrogens with one attached hydrogen (secondary N) is 10. The first-order chi connectivity index (χ1) is 35.1. The van der Waals surface area contributed by atoms with Gasteiger partial charge in [-0.2, -0.15) is 0 Å². The van der Waals surface area contributed by atoms with Gasteiger partial charge in [-0.05, 0) is 92.3 Å². The van der Waals surface area contributed by atoms with Gasteiger partial charge >= 0.3 is 0 Å². The smallest absolute Gasteiger partial charge is 0.243 e. The molecule has 0 aliphatic heterocycles. The third-order valence-electron chi connectivity index (χ3n) is 12.0. The molecule has 1 aromatic heterocycles. The van der Waals surface area contributed by atoms with Gasteiger partial charge in [0.15, 0.2) is 5.96 Å². The van der Waals surface area contributed by atoms with Crippen LogP contribution in [0, 0.1) is 17.2 Å². The summed E-state index contributed by atoms with van der Waals surface area (Å²) in [6.07, 6.45) is 4.39.